The molecule has 1 aromatic carbocycles. The number of carbonyl (C=O) groups excluding carboxylic acids is 1. The Morgan fingerprint density at radius 2 is 2.38 bits per heavy atom. The predicted octanol–water partition coefficient (Wildman–Crippen LogP) is 2.88. The quantitative estimate of drug-likeness (QED) is 0.921. The average Bonchev–Trinajstić information content (AvgIpc) is 3.08. The maximum Gasteiger partial charge on any atom is 0.321 e. The van der Waals surface area contributed by atoms with E-state index in [0.29, 0.717) is 28.9 Å². The molecule has 2 heterocycles. The molecule has 8 heteroatoms. The highest BCUT2D eigenvalue weighted by Gasteiger charge is 2.24. The molecule has 7 nitrogen and oxygen atoms in total. The van der Waals surface area contributed by atoms with Crippen LogP contribution >= 0.6 is 11.6 Å². The molecule has 1 N–H and O–H groups in total. The number of amides is 2. The second-order valence-electron chi connectivity index (χ2n) is 5.85. The minimum atomic E-state index is -0.140. The number of halogens is 1. The summed E-state index contributed by atoms with van der Waals surface area (Å²) in [5, 5.41) is 7.58. The van der Waals surface area contributed by atoms with Crippen LogP contribution in [0.4, 0.5) is 10.5 Å². The number of hydrogen-bond acceptors (Lipinski definition) is 4. The first-order valence-electron chi connectivity index (χ1n) is 7.87. The monoisotopic (exact) mass is 349 g/mol. The van der Waals surface area contributed by atoms with Crippen LogP contribution in [-0.4, -0.2) is 45.9 Å². The van der Waals surface area contributed by atoms with Crippen molar-refractivity contribution in [1.82, 2.24) is 19.7 Å². The van der Waals surface area contributed by atoms with Crippen molar-refractivity contribution in [3.8, 4) is 5.75 Å². The zero-order chi connectivity index (χ0) is 16.9. The molecule has 0 spiro atoms. The third kappa shape index (κ3) is 3.97. The number of nitrogens with zero attached hydrogens (tertiary/aromatic N) is 4. The number of anilines is 1. The van der Waals surface area contributed by atoms with Crippen molar-refractivity contribution in [2.24, 2.45) is 5.92 Å². The van der Waals surface area contributed by atoms with Gasteiger partial charge in [0.25, 0.3) is 0 Å². The van der Waals surface area contributed by atoms with Crippen LogP contribution < -0.4 is 10.1 Å². The van der Waals surface area contributed by atoms with Gasteiger partial charge in [-0.15, -0.1) is 0 Å². The van der Waals surface area contributed by atoms with Gasteiger partial charge in [0.2, 0.25) is 0 Å². The van der Waals surface area contributed by atoms with E-state index in [1.54, 1.807) is 31.6 Å². The Labute approximate surface area is 145 Å². The van der Waals surface area contributed by atoms with E-state index in [0.717, 1.165) is 25.9 Å². The number of carbonyl (C=O) groups is 1. The Morgan fingerprint density at radius 3 is 3.12 bits per heavy atom. The van der Waals surface area contributed by atoms with Crippen molar-refractivity contribution in [2.45, 2.75) is 19.4 Å². The SMILES string of the molecule is COc1ccc(Cl)cc1NC(=O)N1CCC[C@@H](Cn2cncn2)C1. The molecule has 3 rings (SSSR count). The van der Waals surface area contributed by atoms with Crippen LogP contribution in [0.15, 0.2) is 30.9 Å². The molecule has 1 fully saturated rings. The zero-order valence-corrected chi connectivity index (χ0v) is 14.2. The summed E-state index contributed by atoms with van der Waals surface area (Å²) in [5.41, 5.74) is 0.577. The second-order valence-corrected chi connectivity index (χ2v) is 6.28. The molecular weight excluding hydrogens is 330 g/mol. The van der Waals surface area contributed by atoms with E-state index >= 15 is 0 Å². The van der Waals surface area contributed by atoms with Gasteiger partial charge in [0, 0.05) is 24.7 Å². The van der Waals surface area contributed by atoms with Gasteiger partial charge in [-0.3, -0.25) is 4.68 Å². The number of methoxy groups -OCH3 is 1. The van der Waals surface area contributed by atoms with Gasteiger partial charge in [0.15, 0.2) is 0 Å². The van der Waals surface area contributed by atoms with E-state index in [1.165, 1.54) is 6.33 Å². The number of piperidine rings is 1. The number of likely N-dealkylation sites (tertiary alicyclic amines) is 1. The van der Waals surface area contributed by atoms with Crippen LogP contribution in [0.5, 0.6) is 5.75 Å². The third-order valence-electron chi connectivity index (χ3n) is 4.12. The highest BCUT2D eigenvalue weighted by Crippen LogP contribution is 2.28. The van der Waals surface area contributed by atoms with Crippen LogP contribution in [-0.2, 0) is 6.54 Å². The van der Waals surface area contributed by atoms with Crippen molar-refractivity contribution in [1.29, 1.82) is 0 Å². The number of nitrogens with one attached hydrogen (secondary N) is 1. The number of benzene rings is 1. The molecule has 0 bridgehead atoms. The maximum atomic E-state index is 12.6. The third-order valence-corrected chi connectivity index (χ3v) is 4.36. The van der Waals surface area contributed by atoms with Crippen LogP contribution in [0.2, 0.25) is 5.02 Å². The van der Waals surface area contributed by atoms with E-state index < -0.39 is 0 Å². The smallest absolute Gasteiger partial charge is 0.321 e. The van der Waals surface area contributed by atoms with Crippen LogP contribution in [0.25, 0.3) is 0 Å². The highest BCUT2D eigenvalue weighted by molar-refractivity contribution is 6.31. The molecule has 1 aliphatic heterocycles. The Kier molecular flexibility index (Phi) is 5.20. The first-order chi connectivity index (χ1) is 11.7. The molecule has 0 radical (unpaired) electrons. The van der Waals surface area contributed by atoms with E-state index in [9.17, 15) is 4.79 Å². The van der Waals surface area contributed by atoms with Crippen molar-refractivity contribution < 1.29 is 9.53 Å². The van der Waals surface area contributed by atoms with Gasteiger partial charge in [-0.25, -0.2) is 9.78 Å². The van der Waals surface area contributed by atoms with Gasteiger partial charge in [0.1, 0.15) is 18.4 Å². The van der Waals surface area contributed by atoms with Gasteiger partial charge in [-0.2, -0.15) is 5.10 Å². The Bertz CT molecular complexity index is 692. The fraction of sp³-hybridized carbons (Fsp3) is 0.438. The Morgan fingerprint density at radius 1 is 1.50 bits per heavy atom. The van der Waals surface area contributed by atoms with Gasteiger partial charge in [-0.1, -0.05) is 11.6 Å². The average molecular weight is 350 g/mol. The summed E-state index contributed by atoms with van der Waals surface area (Å²) in [6.07, 6.45) is 5.28. The summed E-state index contributed by atoms with van der Waals surface area (Å²) in [6, 6.07) is 5.01. The maximum absolute atomic E-state index is 12.6. The number of hydrogen-bond donors (Lipinski definition) is 1. The summed E-state index contributed by atoms with van der Waals surface area (Å²) in [6.45, 7) is 2.20. The van der Waals surface area contributed by atoms with E-state index in [1.807, 2.05) is 9.58 Å². The van der Waals surface area contributed by atoms with E-state index in [-0.39, 0.29) is 6.03 Å². The van der Waals surface area contributed by atoms with Gasteiger partial charge < -0.3 is 15.0 Å². The molecular formula is C16H20ClN5O2. The standard InChI is InChI=1S/C16H20ClN5O2/c1-24-15-5-4-13(17)7-14(15)20-16(23)21-6-2-3-12(8-21)9-22-11-18-10-19-22/h4-5,7,10-12H,2-3,6,8-9H2,1H3,(H,20,23)/t12-/m1/s1. The van der Waals surface area contributed by atoms with E-state index in [2.05, 4.69) is 15.4 Å². The summed E-state index contributed by atoms with van der Waals surface area (Å²) in [7, 11) is 1.56. The largest absolute Gasteiger partial charge is 0.495 e. The van der Waals surface area contributed by atoms with Gasteiger partial charge >= 0.3 is 6.03 Å². The molecule has 0 unspecified atom stereocenters. The minimum Gasteiger partial charge on any atom is -0.495 e. The van der Waals surface area contributed by atoms with Crippen LogP contribution in [0.3, 0.4) is 0 Å². The van der Waals surface area contributed by atoms with E-state index in [4.69, 9.17) is 16.3 Å². The summed E-state index contributed by atoms with van der Waals surface area (Å²) in [5.74, 6) is 0.955. The normalized spacial score (nSPS) is 17.6. The van der Waals surface area contributed by atoms with Crippen molar-refractivity contribution >= 4 is 23.3 Å². The van der Waals surface area contributed by atoms with Crippen molar-refractivity contribution in [2.75, 3.05) is 25.5 Å². The van der Waals surface area contributed by atoms with Crippen LogP contribution in [0, 0.1) is 5.92 Å². The molecule has 2 amide bonds. The second kappa shape index (κ2) is 7.53. The van der Waals surface area contributed by atoms with Crippen molar-refractivity contribution in [3.05, 3.63) is 35.9 Å². The molecule has 1 aromatic heterocycles. The lowest BCUT2D eigenvalue weighted by molar-refractivity contribution is 0.168. The first kappa shape index (κ1) is 16.6. The summed E-state index contributed by atoms with van der Waals surface area (Å²) in [4.78, 5) is 18.4. The molecule has 2 aromatic rings. The number of ether oxygens (including phenoxy) is 1. The molecule has 1 atom stereocenters. The lowest BCUT2D eigenvalue weighted by atomic mass is 9.98. The fourth-order valence-electron chi connectivity index (χ4n) is 2.96. The topological polar surface area (TPSA) is 72.3 Å². The summed E-state index contributed by atoms with van der Waals surface area (Å²) >= 11 is 6.01. The van der Waals surface area contributed by atoms with Crippen LogP contribution in [0.1, 0.15) is 12.8 Å². The molecule has 1 aliphatic rings. The molecule has 0 saturated carbocycles. The lowest BCUT2D eigenvalue weighted by Crippen LogP contribution is -2.43. The highest BCUT2D eigenvalue weighted by atomic mass is 35.5. The predicted molar refractivity (Wildman–Crippen MR) is 91.3 cm³/mol. The fourth-order valence-corrected chi connectivity index (χ4v) is 3.13. The molecule has 128 valence electrons. The first-order valence-corrected chi connectivity index (χ1v) is 8.25. The number of aromatic nitrogens is 3. The number of urea groups is 1. The summed E-state index contributed by atoms with van der Waals surface area (Å²) < 4.78 is 7.08. The lowest BCUT2D eigenvalue weighted by Gasteiger charge is -2.32. The molecule has 0 aliphatic carbocycles. The van der Waals surface area contributed by atoms with Gasteiger partial charge in [0.05, 0.1) is 12.8 Å². The molecule has 1 saturated heterocycles. The Balaban J connectivity index is 1.63. The zero-order valence-electron chi connectivity index (χ0n) is 13.5. The van der Waals surface area contributed by atoms with Gasteiger partial charge in [-0.05, 0) is 37.0 Å². The van der Waals surface area contributed by atoms with Crippen molar-refractivity contribution in [3.63, 3.8) is 0 Å². The number of rotatable bonds is 4. The minimum absolute atomic E-state index is 0.140. The Hall–Kier alpha value is -2.28. The molecule has 24 heavy (non-hydrogen) atoms.